The SMILES string of the molecule is NS(=O)(=O)c1ccc(N2N=C(c3ccc(F)cc3)C[C@@H]2c2ccc([N+](=O)[O-])cc2)cc1. The van der Waals surface area contributed by atoms with Crippen LogP contribution in [0.1, 0.15) is 23.6 Å². The Morgan fingerprint density at radius 2 is 1.61 bits per heavy atom. The average Bonchev–Trinajstić information content (AvgIpc) is 3.19. The van der Waals surface area contributed by atoms with Crippen LogP contribution in [0.5, 0.6) is 0 Å². The Morgan fingerprint density at radius 3 is 2.16 bits per heavy atom. The van der Waals surface area contributed by atoms with E-state index in [-0.39, 0.29) is 22.4 Å². The molecule has 0 radical (unpaired) electrons. The minimum absolute atomic E-state index is 0.0227. The molecule has 2 N–H and O–H groups in total. The minimum Gasteiger partial charge on any atom is -0.258 e. The summed E-state index contributed by atoms with van der Waals surface area (Å²) in [6.07, 6.45) is 0.473. The lowest BCUT2D eigenvalue weighted by Gasteiger charge is -2.24. The third kappa shape index (κ3) is 4.30. The molecular weight excluding hydrogens is 423 g/mol. The van der Waals surface area contributed by atoms with Crippen molar-refractivity contribution in [3.63, 3.8) is 0 Å². The van der Waals surface area contributed by atoms with Crippen LogP contribution in [0.2, 0.25) is 0 Å². The number of non-ortho nitro benzene ring substituents is 1. The summed E-state index contributed by atoms with van der Waals surface area (Å²) in [6.45, 7) is 0. The molecular formula is C21H17FN4O4S. The van der Waals surface area contributed by atoms with Crippen molar-refractivity contribution in [2.45, 2.75) is 17.4 Å². The van der Waals surface area contributed by atoms with Crippen molar-refractivity contribution in [2.24, 2.45) is 10.2 Å². The van der Waals surface area contributed by atoms with Gasteiger partial charge in [0.25, 0.3) is 5.69 Å². The highest BCUT2D eigenvalue weighted by Gasteiger charge is 2.30. The van der Waals surface area contributed by atoms with Gasteiger partial charge in [0.2, 0.25) is 10.0 Å². The van der Waals surface area contributed by atoms with Gasteiger partial charge in [-0.25, -0.2) is 17.9 Å². The third-order valence-electron chi connectivity index (χ3n) is 5.01. The molecule has 0 amide bonds. The first-order valence-corrected chi connectivity index (χ1v) is 10.8. The molecule has 0 aromatic heterocycles. The summed E-state index contributed by atoms with van der Waals surface area (Å²) in [4.78, 5) is 10.5. The molecule has 1 aliphatic heterocycles. The molecule has 0 saturated heterocycles. The molecule has 4 rings (SSSR count). The van der Waals surface area contributed by atoms with Crippen LogP contribution in [-0.2, 0) is 10.0 Å². The van der Waals surface area contributed by atoms with Crippen LogP contribution in [0.4, 0.5) is 15.8 Å². The van der Waals surface area contributed by atoms with Gasteiger partial charge >= 0.3 is 0 Å². The molecule has 0 aliphatic carbocycles. The number of sulfonamides is 1. The fourth-order valence-corrected chi connectivity index (χ4v) is 3.95. The molecule has 31 heavy (non-hydrogen) atoms. The van der Waals surface area contributed by atoms with Crippen LogP contribution in [0.25, 0.3) is 0 Å². The number of hydrogen-bond donors (Lipinski definition) is 1. The Morgan fingerprint density at radius 1 is 1.00 bits per heavy atom. The van der Waals surface area contributed by atoms with Gasteiger partial charge in [-0.15, -0.1) is 0 Å². The summed E-state index contributed by atoms with van der Waals surface area (Å²) in [6, 6.07) is 17.8. The zero-order valence-corrected chi connectivity index (χ0v) is 16.9. The monoisotopic (exact) mass is 440 g/mol. The smallest absolute Gasteiger partial charge is 0.258 e. The van der Waals surface area contributed by atoms with Gasteiger partial charge in [-0.2, -0.15) is 5.10 Å². The minimum atomic E-state index is -3.83. The molecule has 1 heterocycles. The van der Waals surface area contributed by atoms with Gasteiger partial charge in [0, 0.05) is 18.6 Å². The lowest BCUT2D eigenvalue weighted by atomic mass is 9.98. The highest BCUT2D eigenvalue weighted by atomic mass is 32.2. The highest BCUT2D eigenvalue weighted by Crippen LogP contribution is 2.37. The molecule has 3 aromatic rings. The van der Waals surface area contributed by atoms with Crippen LogP contribution < -0.4 is 10.1 Å². The van der Waals surface area contributed by atoms with Crippen LogP contribution in [0, 0.1) is 15.9 Å². The number of nitrogens with two attached hydrogens (primary N) is 1. The molecule has 158 valence electrons. The van der Waals surface area contributed by atoms with E-state index in [0.29, 0.717) is 17.8 Å². The maximum atomic E-state index is 13.3. The molecule has 8 nitrogen and oxygen atoms in total. The van der Waals surface area contributed by atoms with Crippen molar-refractivity contribution in [3.05, 3.63) is 99.9 Å². The molecule has 1 atom stereocenters. The third-order valence-corrected chi connectivity index (χ3v) is 5.94. The molecule has 1 aliphatic rings. The van der Waals surface area contributed by atoms with Crippen molar-refractivity contribution in [2.75, 3.05) is 5.01 Å². The number of primary sulfonamides is 1. The zero-order chi connectivity index (χ0) is 22.2. The largest absolute Gasteiger partial charge is 0.269 e. The molecule has 10 heteroatoms. The van der Waals surface area contributed by atoms with Crippen molar-refractivity contribution in [1.29, 1.82) is 0 Å². The van der Waals surface area contributed by atoms with E-state index in [1.54, 1.807) is 41.4 Å². The number of anilines is 1. The zero-order valence-electron chi connectivity index (χ0n) is 16.1. The van der Waals surface area contributed by atoms with Crippen molar-refractivity contribution < 1.29 is 17.7 Å². The molecule has 0 fully saturated rings. The van der Waals surface area contributed by atoms with Gasteiger partial charge in [0.15, 0.2) is 0 Å². The molecule has 0 spiro atoms. The normalized spacial score (nSPS) is 16.3. The van der Waals surface area contributed by atoms with Gasteiger partial charge < -0.3 is 0 Å². The second-order valence-electron chi connectivity index (χ2n) is 7.01. The quantitative estimate of drug-likeness (QED) is 0.479. The van der Waals surface area contributed by atoms with Gasteiger partial charge in [-0.1, -0.05) is 24.3 Å². The Hall–Kier alpha value is -3.63. The van der Waals surface area contributed by atoms with Crippen LogP contribution in [0.15, 0.2) is 82.8 Å². The fourth-order valence-electron chi connectivity index (χ4n) is 3.43. The average molecular weight is 440 g/mol. The van der Waals surface area contributed by atoms with E-state index in [9.17, 15) is 22.9 Å². The second kappa shape index (κ2) is 7.89. The fraction of sp³-hybridized carbons (Fsp3) is 0.0952. The van der Waals surface area contributed by atoms with Gasteiger partial charge in [-0.3, -0.25) is 15.1 Å². The van der Waals surface area contributed by atoms with Crippen molar-refractivity contribution in [1.82, 2.24) is 0 Å². The number of rotatable bonds is 5. The maximum absolute atomic E-state index is 13.3. The lowest BCUT2D eigenvalue weighted by molar-refractivity contribution is -0.384. The molecule has 0 bridgehead atoms. The summed E-state index contributed by atoms with van der Waals surface area (Å²) >= 11 is 0. The van der Waals surface area contributed by atoms with E-state index in [1.807, 2.05) is 0 Å². The van der Waals surface area contributed by atoms with E-state index < -0.39 is 14.9 Å². The number of nitro groups is 1. The maximum Gasteiger partial charge on any atom is 0.269 e. The Kier molecular flexibility index (Phi) is 5.25. The summed E-state index contributed by atoms with van der Waals surface area (Å²) in [7, 11) is -3.83. The van der Waals surface area contributed by atoms with E-state index in [0.717, 1.165) is 11.1 Å². The highest BCUT2D eigenvalue weighted by molar-refractivity contribution is 7.89. The summed E-state index contributed by atoms with van der Waals surface area (Å²) in [5.74, 6) is -0.357. The van der Waals surface area contributed by atoms with Crippen LogP contribution >= 0.6 is 0 Å². The first-order valence-electron chi connectivity index (χ1n) is 9.22. The van der Waals surface area contributed by atoms with Crippen LogP contribution in [0.3, 0.4) is 0 Å². The Balaban J connectivity index is 1.74. The van der Waals surface area contributed by atoms with E-state index >= 15 is 0 Å². The summed E-state index contributed by atoms with van der Waals surface area (Å²) in [5, 5.41) is 22.5. The van der Waals surface area contributed by atoms with E-state index in [1.165, 1.54) is 36.4 Å². The van der Waals surface area contributed by atoms with Gasteiger partial charge in [0.05, 0.1) is 27.3 Å². The van der Waals surface area contributed by atoms with Crippen molar-refractivity contribution >= 4 is 27.1 Å². The van der Waals surface area contributed by atoms with E-state index in [4.69, 9.17) is 5.14 Å². The number of hydrazone groups is 1. The number of halogens is 1. The number of nitrogens with zero attached hydrogens (tertiary/aromatic N) is 3. The number of nitro benzene ring substituents is 1. The molecule has 0 unspecified atom stereocenters. The van der Waals surface area contributed by atoms with E-state index in [2.05, 4.69) is 5.10 Å². The first kappa shape index (κ1) is 20.6. The first-order chi connectivity index (χ1) is 14.7. The molecule has 0 saturated carbocycles. The molecule has 3 aromatic carbocycles. The predicted molar refractivity (Wildman–Crippen MR) is 114 cm³/mol. The Labute approximate surface area is 177 Å². The van der Waals surface area contributed by atoms with Gasteiger partial charge in [0.1, 0.15) is 5.82 Å². The number of benzene rings is 3. The standard InChI is InChI=1S/C21H17FN4O4S/c22-16-5-1-14(2-6-16)20-13-21(15-3-7-18(8-4-15)26(27)28)25(24-20)17-9-11-19(12-10-17)31(23,29)30/h1-12,21H,13H2,(H2,23,29,30)/t21-/m1/s1. The summed E-state index contributed by atoms with van der Waals surface area (Å²) in [5.41, 5.74) is 2.84. The number of hydrogen-bond acceptors (Lipinski definition) is 6. The van der Waals surface area contributed by atoms with Crippen molar-refractivity contribution in [3.8, 4) is 0 Å². The topological polar surface area (TPSA) is 119 Å². The second-order valence-corrected chi connectivity index (χ2v) is 8.57. The predicted octanol–water partition coefficient (Wildman–Crippen LogP) is 3.74. The van der Waals surface area contributed by atoms with Gasteiger partial charge in [-0.05, 0) is 47.5 Å². The Bertz CT molecular complexity index is 1260. The lowest BCUT2D eigenvalue weighted by Crippen LogP contribution is -2.19. The summed E-state index contributed by atoms with van der Waals surface area (Å²) < 4.78 is 36.4. The van der Waals surface area contributed by atoms with Crippen LogP contribution in [-0.4, -0.2) is 19.1 Å².